The Morgan fingerprint density at radius 2 is 1.74 bits per heavy atom. The minimum absolute atomic E-state index is 0.307. The van der Waals surface area contributed by atoms with Crippen LogP contribution in [0.2, 0.25) is 0 Å². The van der Waals surface area contributed by atoms with Crippen molar-refractivity contribution in [1.29, 1.82) is 0 Å². The second-order valence-corrected chi connectivity index (χ2v) is 4.85. The molecular weight excluding hydrogens is 298 g/mol. The Balaban J connectivity index is 1.56. The normalized spacial score (nSPS) is 12.3. The number of amides is 1. The molecule has 6 nitrogen and oxygen atoms in total. The van der Waals surface area contributed by atoms with Crippen molar-refractivity contribution in [2.45, 2.75) is 0 Å². The van der Waals surface area contributed by atoms with Gasteiger partial charge in [0, 0.05) is 5.69 Å². The number of hydrogen-bond acceptors (Lipinski definition) is 5. The van der Waals surface area contributed by atoms with Crippen LogP contribution in [0.25, 0.3) is 0 Å². The summed E-state index contributed by atoms with van der Waals surface area (Å²) in [6, 6.07) is 13.7. The summed E-state index contributed by atoms with van der Waals surface area (Å²) < 4.78 is 15.8. The molecule has 6 heteroatoms. The average molecular weight is 313 g/mol. The molecule has 0 fully saturated rings. The van der Waals surface area contributed by atoms with E-state index in [0.717, 1.165) is 0 Å². The summed E-state index contributed by atoms with van der Waals surface area (Å²) in [7, 11) is 0. The van der Waals surface area contributed by atoms with Gasteiger partial charge in [-0.05, 0) is 30.3 Å². The lowest BCUT2D eigenvalue weighted by Crippen LogP contribution is -2.21. The number of hydrogen-bond donors (Lipinski definition) is 1. The molecule has 1 heterocycles. The van der Waals surface area contributed by atoms with Gasteiger partial charge in [-0.2, -0.15) is 0 Å². The van der Waals surface area contributed by atoms with Gasteiger partial charge in [-0.15, -0.1) is 0 Å². The molecule has 1 N–H and O–H groups in total. The molecule has 0 saturated heterocycles. The maximum Gasteiger partial charge on any atom is 0.338 e. The van der Waals surface area contributed by atoms with Crippen molar-refractivity contribution in [2.75, 3.05) is 25.1 Å². The van der Waals surface area contributed by atoms with Gasteiger partial charge in [0.2, 0.25) is 0 Å². The number of para-hydroxylation sites is 1. The molecular formula is C17H15NO5. The maximum atomic E-state index is 12.0. The van der Waals surface area contributed by atoms with E-state index in [-0.39, 0.29) is 6.61 Å². The SMILES string of the molecule is O=C(COC(=O)c1ccc2c(c1)OCCO2)Nc1ccccc1. The highest BCUT2D eigenvalue weighted by atomic mass is 16.6. The van der Waals surface area contributed by atoms with Crippen LogP contribution in [-0.4, -0.2) is 31.7 Å². The molecule has 0 atom stereocenters. The topological polar surface area (TPSA) is 73.9 Å². The summed E-state index contributed by atoms with van der Waals surface area (Å²) >= 11 is 0. The van der Waals surface area contributed by atoms with Crippen molar-refractivity contribution < 1.29 is 23.8 Å². The highest BCUT2D eigenvalue weighted by Crippen LogP contribution is 2.30. The van der Waals surface area contributed by atoms with Crippen molar-refractivity contribution in [3.8, 4) is 11.5 Å². The van der Waals surface area contributed by atoms with E-state index in [0.29, 0.717) is 36.0 Å². The average Bonchev–Trinajstić information content (AvgIpc) is 2.60. The lowest BCUT2D eigenvalue weighted by atomic mass is 10.2. The van der Waals surface area contributed by atoms with Gasteiger partial charge in [-0.25, -0.2) is 4.79 Å². The molecule has 0 aromatic heterocycles. The number of esters is 1. The summed E-state index contributed by atoms with van der Waals surface area (Å²) in [5.74, 6) is 0.0985. The second kappa shape index (κ2) is 6.83. The molecule has 0 saturated carbocycles. The van der Waals surface area contributed by atoms with Gasteiger partial charge < -0.3 is 19.5 Å². The number of nitrogens with one attached hydrogen (secondary N) is 1. The fourth-order valence-corrected chi connectivity index (χ4v) is 2.10. The Hall–Kier alpha value is -3.02. The zero-order valence-corrected chi connectivity index (χ0v) is 12.3. The van der Waals surface area contributed by atoms with E-state index in [4.69, 9.17) is 14.2 Å². The number of carbonyl (C=O) groups is 2. The molecule has 1 amide bonds. The van der Waals surface area contributed by atoms with Crippen LogP contribution >= 0.6 is 0 Å². The number of rotatable bonds is 4. The van der Waals surface area contributed by atoms with Crippen molar-refractivity contribution in [1.82, 2.24) is 0 Å². The van der Waals surface area contributed by atoms with Crippen LogP contribution in [0, 0.1) is 0 Å². The summed E-state index contributed by atoms with van der Waals surface area (Å²) in [4.78, 5) is 23.7. The minimum Gasteiger partial charge on any atom is -0.486 e. The fourth-order valence-electron chi connectivity index (χ4n) is 2.10. The van der Waals surface area contributed by atoms with Crippen molar-refractivity contribution in [3.63, 3.8) is 0 Å². The Kier molecular flexibility index (Phi) is 4.42. The summed E-state index contributed by atoms with van der Waals surface area (Å²) in [5, 5.41) is 2.64. The predicted molar refractivity (Wildman–Crippen MR) is 82.8 cm³/mol. The smallest absolute Gasteiger partial charge is 0.338 e. The van der Waals surface area contributed by atoms with Crippen LogP contribution in [0.15, 0.2) is 48.5 Å². The number of fused-ring (bicyclic) bond motifs is 1. The Morgan fingerprint density at radius 3 is 2.52 bits per heavy atom. The van der Waals surface area contributed by atoms with Crippen LogP contribution in [0.3, 0.4) is 0 Å². The Labute approximate surface area is 133 Å². The number of anilines is 1. The van der Waals surface area contributed by atoms with Gasteiger partial charge in [0.05, 0.1) is 5.56 Å². The van der Waals surface area contributed by atoms with Crippen molar-refractivity contribution in [3.05, 3.63) is 54.1 Å². The first kappa shape index (κ1) is 14.9. The van der Waals surface area contributed by atoms with Gasteiger partial charge in [0.1, 0.15) is 13.2 Å². The van der Waals surface area contributed by atoms with E-state index < -0.39 is 11.9 Å². The first-order chi connectivity index (χ1) is 11.2. The Morgan fingerprint density at radius 1 is 1.00 bits per heavy atom. The van der Waals surface area contributed by atoms with Crippen LogP contribution in [0.5, 0.6) is 11.5 Å². The molecule has 0 unspecified atom stereocenters. The number of benzene rings is 2. The third-order valence-corrected chi connectivity index (χ3v) is 3.17. The van der Waals surface area contributed by atoms with Crippen molar-refractivity contribution in [2.24, 2.45) is 0 Å². The van der Waals surface area contributed by atoms with Crippen molar-refractivity contribution >= 4 is 17.6 Å². The van der Waals surface area contributed by atoms with Gasteiger partial charge in [-0.3, -0.25) is 4.79 Å². The minimum atomic E-state index is -0.592. The lowest BCUT2D eigenvalue weighted by molar-refractivity contribution is -0.119. The van der Waals surface area contributed by atoms with E-state index in [9.17, 15) is 9.59 Å². The van der Waals surface area contributed by atoms with Crippen LogP contribution in [-0.2, 0) is 9.53 Å². The van der Waals surface area contributed by atoms with E-state index in [2.05, 4.69) is 5.32 Å². The predicted octanol–water partition coefficient (Wildman–Crippen LogP) is 2.25. The second-order valence-electron chi connectivity index (χ2n) is 4.85. The molecule has 1 aliphatic heterocycles. The zero-order chi connectivity index (χ0) is 16.1. The summed E-state index contributed by atoms with van der Waals surface area (Å²) in [6.07, 6.45) is 0. The largest absolute Gasteiger partial charge is 0.486 e. The first-order valence-electron chi connectivity index (χ1n) is 7.14. The molecule has 0 bridgehead atoms. The molecule has 3 rings (SSSR count). The molecule has 0 spiro atoms. The molecule has 2 aromatic rings. The highest BCUT2D eigenvalue weighted by Gasteiger charge is 2.16. The monoisotopic (exact) mass is 313 g/mol. The molecule has 0 aliphatic carbocycles. The maximum absolute atomic E-state index is 12.0. The third kappa shape index (κ3) is 3.79. The van der Waals surface area contributed by atoms with Gasteiger partial charge in [0.15, 0.2) is 18.1 Å². The van der Waals surface area contributed by atoms with Gasteiger partial charge in [-0.1, -0.05) is 18.2 Å². The van der Waals surface area contributed by atoms with Gasteiger partial charge in [0.25, 0.3) is 5.91 Å². The number of ether oxygens (including phenoxy) is 3. The Bertz CT molecular complexity index is 714. The van der Waals surface area contributed by atoms with E-state index in [1.165, 1.54) is 0 Å². The fraction of sp³-hybridized carbons (Fsp3) is 0.176. The van der Waals surface area contributed by atoms with Crippen LogP contribution in [0.1, 0.15) is 10.4 Å². The molecule has 1 aliphatic rings. The van der Waals surface area contributed by atoms with E-state index >= 15 is 0 Å². The lowest BCUT2D eigenvalue weighted by Gasteiger charge is -2.18. The quantitative estimate of drug-likeness (QED) is 0.876. The van der Waals surface area contributed by atoms with Gasteiger partial charge >= 0.3 is 5.97 Å². The molecule has 2 aromatic carbocycles. The molecule has 0 radical (unpaired) electrons. The third-order valence-electron chi connectivity index (χ3n) is 3.17. The van der Waals surface area contributed by atoms with Crippen LogP contribution < -0.4 is 14.8 Å². The van der Waals surface area contributed by atoms with Crippen LogP contribution in [0.4, 0.5) is 5.69 Å². The number of carbonyl (C=O) groups excluding carboxylic acids is 2. The highest BCUT2D eigenvalue weighted by molar-refractivity contribution is 5.95. The summed E-state index contributed by atoms with van der Waals surface area (Å²) in [5.41, 5.74) is 0.953. The molecule has 23 heavy (non-hydrogen) atoms. The molecule has 118 valence electrons. The zero-order valence-electron chi connectivity index (χ0n) is 12.3. The van der Waals surface area contributed by atoms with E-state index in [1.807, 2.05) is 6.07 Å². The first-order valence-corrected chi connectivity index (χ1v) is 7.14. The standard InChI is InChI=1S/C17H15NO5/c19-16(18-13-4-2-1-3-5-13)11-23-17(20)12-6-7-14-15(10-12)22-9-8-21-14/h1-7,10H,8-9,11H2,(H,18,19). The van der Waals surface area contributed by atoms with E-state index in [1.54, 1.807) is 42.5 Å². The summed E-state index contributed by atoms with van der Waals surface area (Å²) in [6.45, 7) is 0.559.